The van der Waals surface area contributed by atoms with E-state index < -0.39 is 0 Å². The summed E-state index contributed by atoms with van der Waals surface area (Å²) in [6, 6.07) is 0.196. The molecule has 4 aliphatic carbocycles. The Morgan fingerprint density at radius 1 is 0.886 bits per heavy atom. The zero-order valence-corrected chi connectivity index (χ0v) is 27.7. The van der Waals surface area contributed by atoms with Crippen molar-refractivity contribution in [3.63, 3.8) is 0 Å². The number of carbonyl (C=O) groups is 2. The summed E-state index contributed by atoms with van der Waals surface area (Å²) in [6.07, 6.45) is 12.4. The van der Waals surface area contributed by atoms with Gasteiger partial charge in [0.25, 0.3) is 0 Å². The summed E-state index contributed by atoms with van der Waals surface area (Å²) >= 11 is 0. The minimum Gasteiger partial charge on any atom is -0.380 e. The van der Waals surface area contributed by atoms with Gasteiger partial charge in [-0.2, -0.15) is 0 Å². The van der Waals surface area contributed by atoms with Crippen LogP contribution in [0, 0.1) is 57.7 Å². The predicted octanol–water partition coefficient (Wildman–Crippen LogP) is 4.71. The molecule has 4 saturated heterocycles. The summed E-state index contributed by atoms with van der Waals surface area (Å²) < 4.78 is 18.8. The van der Waals surface area contributed by atoms with Crippen LogP contribution in [0.15, 0.2) is 0 Å². The van der Waals surface area contributed by atoms with Crippen LogP contribution in [0.5, 0.6) is 0 Å². The van der Waals surface area contributed by atoms with Gasteiger partial charge in [0.2, 0.25) is 11.8 Å². The largest absolute Gasteiger partial charge is 0.380 e. The van der Waals surface area contributed by atoms with E-state index in [0.29, 0.717) is 52.7 Å². The molecule has 8 heteroatoms. The zero-order valence-electron chi connectivity index (χ0n) is 27.7. The lowest BCUT2D eigenvalue weighted by Crippen LogP contribution is -2.67. The Bertz CT molecular complexity index is 1140. The van der Waals surface area contributed by atoms with E-state index in [1.807, 2.05) is 0 Å². The first kappa shape index (κ1) is 30.1. The number of hydrogen-bond acceptors (Lipinski definition) is 6. The molecule has 8 aliphatic rings. The van der Waals surface area contributed by atoms with Crippen molar-refractivity contribution < 1.29 is 23.8 Å². The first-order chi connectivity index (χ1) is 21.0. The molecule has 0 aromatic rings. The molecular formula is C36H57N3O5. The monoisotopic (exact) mass is 611 g/mol. The standard InChI is InChI=1S/C36H57N3O5/c1-22-7-12-36(43-16-22)23(2)32-29(44-36)14-28-26-6-5-24-13-25(8-10-33(24,3)27(26)9-11-34(28,32)4)38-31(41)15-30(40)37-21-39-17-35(18-39)19-42-20-35/h22-29,32H,5-21H2,1-4H3,(H,37,40)(H,38,41)/t22-,23+,24-,25-,26-,27+,28+,29+,32+,33+,34+,36-/m1/s1. The second-order valence-corrected chi connectivity index (χ2v) is 17.6. The van der Waals surface area contributed by atoms with Crippen LogP contribution in [0.25, 0.3) is 0 Å². The molecule has 4 heterocycles. The molecule has 0 aromatic heterocycles. The van der Waals surface area contributed by atoms with Gasteiger partial charge in [-0.1, -0.05) is 27.7 Å². The van der Waals surface area contributed by atoms with E-state index >= 15 is 0 Å². The highest BCUT2D eigenvalue weighted by atomic mass is 16.7. The molecule has 8 fully saturated rings. The van der Waals surface area contributed by atoms with Crippen molar-refractivity contribution in [1.82, 2.24) is 15.5 Å². The Morgan fingerprint density at radius 2 is 1.68 bits per heavy atom. The normalized spacial score (nSPS) is 50.5. The Kier molecular flexibility index (Phi) is 7.29. The van der Waals surface area contributed by atoms with Crippen molar-refractivity contribution in [2.45, 2.75) is 116 Å². The van der Waals surface area contributed by atoms with Crippen LogP contribution in [0.3, 0.4) is 0 Å². The Balaban J connectivity index is 0.848. The van der Waals surface area contributed by atoms with Crippen molar-refractivity contribution in [3.8, 4) is 0 Å². The molecule has 246 valence electrons. The van der Waals surface area contributed by atoms with E-state index in [2.05, 4.69) is 43.2 Å². The van der Waals surface area contributed by atoms with Crippen molar-refractivity contribution >= 4 is 11.8 Å². The molecule has 8 nitrogen and oxygen atoms in total. The molecule has 0 unspecified atom stereocenters. The summed E-state index contributed by atoms with van der Waals surface area (Å²) in [5, 5.41) is 6.21. The van der Waals surface area contributed by atoms with Crippen LogP contribution in [0.4, 0.5) is 0 Å². The third-order valence-electron chi connectivity index (χ3n) is 15.1. The minimum atomic E-state index is -0.330. The van der Waals surface area contributed by atoms with Gasteiger partial charge in [0.05, 0.1) is 32.6 Å². The minimum absolute atomic E-state index is 0.0698. The lowest BCUT2D eigenvalue weighted by molar-refractivity contribution is -0.273. The topological polar surface area (TPSA) is 89.1 Å². The van der Waals surface area contributed by atoms with E-state index in [-0.39, 0.29) is 30.1 Å². The maximum absolute atomic E-state index is 12.9. The molecule has 0 radical (unpaired) electrons. The van der Waals surface area contributed by atoms with E-state index in [1.54, 1.807) is 0 Å². The highest BCUT2D eigenvalue weighted by molar-refractivity contribution is 5.96. The van der Waals surface area contributed by atoms with Gasteiger partial charge in [-0.3, -0.25) is 14.5 Å². The van der Waals surface area contributed by atoms with Gasteiger partial charge in [0.1, 0.15) is 6.42 Å². The second kappa shape index (κ2) is 10.6. The number of nitrogens with one attached hydrogen (secondary N) is 2. The van der Waals surface area contributed by atoms with E-state index in [4.69, 9.17) is 14.2 Å². The molecule has 2 spiro atoms. The number of nitrogens with zero attached hydrogens (tertiary/aromatic N) is 1. The van der Waals surface area contributed by atoms with Crippen molar-refractivity contribution in [3.05, 3.63) is 0 Å². The van der Waals surface area contributed by atoms with Crippen LogP contribution in [-0.2, 0) is 23.8 Å². The molecule has 2 N–H and O–H groups in total. The summed E-state index contributed by atoms with van der Waals surface area (Å²) in [7, 11) is 0. The van der Waals surface area contributed by atoms with Gasteiger partial charge in [-0.25, -0.2) is 0 Å². The molecular weight excluding hydrogens is 554 g/mol. The number of rotatable bonds is 5. The van der Waals surface area contributed by atoms with Gasteiger partial charge in [-0.05, 0) is 104 Å². The van der Waals surface area contributed by atoms with Crippen molar-refractivity contribution in [1.29, 1.82) is 0 Å². The highest BCUT2D eigenvalue weighted by Crippen LogP contribution is 2.71. The first-order valence-electron chi connectivity index (χ1n) is 18.2. The van der Waals surface area contributed by atoms with E-state index in [0.717, 1.165) is 69.9 Å². The summed E-state index contributed by atoms with van der Waals surface area (Å²) in [5.74, 6) is 4.12. The number of ether oxygens (including phenoxy) is 3. The lowest BCUT2D eigenvalue weighted by Gasteiger charge is -2.61. The molecule has 0 bridgehead atoms. The van der Waals surface area contributed by atoms with Crippen LogP contribution in [0.2, 0.25) is 0 Å². The second-order valence-electron chi connectivity index (χ2n) is 17.6. The summed E-state index contributed by atoms with van der Waals surface area (Å²) in [5.41, 5.74) is 1.05. The van der Waals surface area contributed by atoms with Gasteiger partial charge >= 0.3 is 0 Å². The summed E-state index contributed by atoms with van der Waals surface area (Å²) in [6.45, 7) is 15.0. The fourth-order valence-corrected chi connectivity index (χ4v) is 12.7. The zero-order chi connectivity index (χ0) is 30.5. The van der Waals surface area contributed by atoms with Crippen molar-refractivity contribution in [2.24, 2.45) is 57.7 Å². The smallest absolute Gasteiger partial charge is 0.230 e. The lowest BCUT2D eigenvalue weighted by atomic mass is 9.44. The Morgan fingerprint density at radius 3 is 2.41 bits per heavy atom. The fraction of sp³-hybridized carbons (Fsp3) is 0.944. The highest BCUT2D eigenvalue weighted by Gasteiger charge is 2.69. The molecule has 44 heavy (non-hydrogen) atoms. The Labute approximate surface area is 264 Å². The Hall–Kier alpha value is -1.22. The van der Waals surface area contributed by atoms with Crippen LogP contribution in [0.1, 0.15) is 98.3 Å². The van der Waals surface area contributed by atoms with E-state index in [1.165, 1.54) is 44.9 Å². The number of amides is 2. The van der Waals surface area contributed by atoms with E-state index in [9.17, 15) is 9.59 Å². The third kappa shape index (κ3) is 4.65. The average molecular weight is 612 g/mol. The first-order valence-corrected chi connectivity index (χ1v) is 18.2. The molecule has 12 atom stereocenters. The number of likely N-dealkylation sites (tertiary alicyclic amines) is 1. The number of carbonyl (C=O) groups excluding carboxylic acids is 2. The average Bonchev–Trinajstić information content (AvgIpc) is 3.38. The van der Waals surface area contributed by atoms with Crippen LogP contribution in [-0.4, -0.2) is 74.2 Å². The van der Waals surface area contributed by atoms with Gasteiger partial charge < -0.3 is 24.8 Å². The molecule has 4 aliphatic heterocycles. The third-order valence-corrected chi connectivity index (χ3v) is 15.1. The number of fused-ring (bicyclic) bond motifs is 7. The molecule has 4 saturated carbocycles. The predicted molar refractivity (Wildman–Crippen MR) is 166 cm³/mol. The van der Waals surface area contributed by atoms with Gasteiger partial charge in [-0.15, -0.1) is 0 Å². The molecule has 8 rings (SSSR count). The number of hydrogen-bond donors (Lipinski definition) is 2. The maximum atomic E-state index is 12.9. The SMILES string of the molecule is C[C@@H]1CC[C@@]2(OC1)O[C@H]1C[C@H]3[C@@H]4CC[C@@H]5C[C@H](NC(=O)CC(=O)NCN6CC7(COC7)C6)CC[C@]5(C)[C@H]4CC[C@]3(C)[C@H]1[C@@H]2C. The quantitative estimate of drug-likeness (QED) is 0.438. The van der Waals surface area contributed by atoms with Gasteiger partial charge in [0, 0.05) is 36.9 Å². The van der Waals surface area contributed by atoms with Crippen LogP contribution < -0.4 is 10.6 Å². The molecule has 2 amide bonds. The molecule has 0 aromatic carbocycles. The van der Waals surface area contributed by atoms with Crippen molar-refractivity contribution in [2.75, 3.05) is 39.6 Å². The fourth-order valence-electron chi connectivity index (χ4n) is 12.7. The van der Waals surface area contributed by atoms with Crippen LogP contribution >= 0.6 is 0 Å². The van der Waals surface area contributed by atoms with Gasteiger partial charge in [0.15, 0.2) is 5.79 Å². The summed E-state index contributed by atoms with van der Waals surface area (Å²) in [4.78, 5) is 27.6. The maximum Gasteiger partial charge on any atom is 0.230 e.